The summed E-state index contributed by atoms with van der Waals surface area (Å²) >= 11 is 0. The van der Waals surface area contributed by atoms with Gasteiger partial charge in [-0.3, -0.25) is 4.79 Å². The maximum Gasteiger partial charge on any atom is 0.185 e. The van der Waals surface area contributed by atoms with E-state index in [9.17, 15) is 4.79 Å². The van der Waals surface area contributed by atoms with Crippen LogP contribution in [0.15, 0.2) is 35.9 Å². The molecule has 0 bridgehead atoms. The van der Waals surface area contributed by atoms with Crippen LogP contribution in [0.1, 0.15) is 50.5 Å². The van der Waals surface area contributed by atoms with Gasteiger partial charge in [0, 0.05) is 38.3 Å². The zero-order valence-corrected chi connectivity index (χ0v) is 15.3. The van der Waals surface area contributed by atoms with Crippen molar-refractivity contribution in [2.24, 2.45) is 5.92 Å². The molecule has 1 radical (unpaired) electrons. The van der Waals surface area contributed by atoms with Crippen LogP contribution in [0.4, 0.5) is 0 Å². The van der Waals surface area contributed by atoms with Crippen LogP contribution >= 0.6 is 0 Å². The molecule has 1 nitrogen and oxygen atoms in total. The molecule has 0 spiro atoms. The van der Waals surface area contributed by atoms with E-state index in [1.54, 1.807) is 6.08 Å². The van der Waals surface area contributed by atoms with Crippen molar-refractivity contribution in [1.82, 2.24) is 0 Å². The first-order valence-electron chi connectivity index (χ1n) is 6.30. The number of carbonyl (C=O) groups is 1. The molecule has 0 saturated heterocycles. The Labute approximate surface area is 137 Å². The van der Waals surface area contributed by atoms with Crippen molar-refractivity contribution < 1.29 is 37.5 Å². The standard InChI is InChI=1S/C14H18O.C2H6.Y/c1-10(2)12(4)9-14(15)13-7-5-11(3)6-8-13;1-2;/h5-10H,1-4H3;1-2H3;/b12-9-;;. The summed E-state index contributed by atoms with van der Waals surface area (Å²) in [5.74, 6) is 0.528. The minimum atomic E-state index is 0. The predicted molar refractivity (Wildman–Crippen MR) is 75.5 cm³/mol. The summed E-state index contributed by atoms with van der Waals surface area (Å²) in [6.07, 6.45) is 1.73. The molecule has 97 valence electrons. The Hall–Kier alpha value is -0.266. The Morgan fingerprint density at radius 3 is 1.94 bits per heavy atom. The largest absolute Gasteiger partial charge is 0.289 e. The quantitative estimate of drug-likeness (QED) is 0.577. The van der Waals surface area contributed by atoms with E-state index in [1.165, 1.54) is 5.56 Å². The molecule has 0 aliphatic carbocycles. The second-order valence-corrected chi connectivity index (χ2v) is 4.27. The van der Waals surface area contributed by atoms with Crippen molar-refractivity contribution in [2.75, 3.05) is 0 Å². The van der Waals surface area contributed by atoms with Gasteiger partial charge in [0.15, 0.2) is 5.78 Å². The topological polar surface area (TPSA) is 17.1 Å². The SMILES string of the molecule is C/C(=C/C(=O)c1ccc(C)cc1)C(C)C.CC.[Y]. The van der Waals surface area contributed by atoms with E-state index < -0.39 is 0 Å². The minimum absolute atomic E-state index is 0. The third-order valence-corrected chi connectivity index (χ3v) is 2.61. The Bertz CT molecular complexity index is 375. The number of hydrogen-bond acceptors (Lipinski definition) is 1. The van der Waals surface area contributed by atoms with E-state index in [0.717, 1.165) is 11.1 Å². The van der Waals surface area contributed by atoms with Gasteiger partial charge in [-0.25, -0.2) is 0 Å². The van der Waals surface area contributed by atoms with Gasteiger partial charge in [-0.2, -0.15) is 0 Å². The molecule has 1 aromatic rings. The van der Waals surface area contributed by atoms with Crippen molar-refractivity contribution in [1.29, 1.82) is 0 Å². The molecular weight excluding hydrogens is 297 g/mol. The molecule has 0 N–H and O–H groups in total. The fraction of sp³-hybridized carbons (Fsp3) is 0.438. The molecule has 1 aromatic carbocycles. The molecule has 2 heteroatoms. The van der Waals surface area contributed by atoms with Crippen LogP contribution in [0.2, 0.25) is 0 Å². The van der Waals surface area contributed by atoms with E-state index >= 15 is 0 Å². The maximum atomic E-state index is 11.8. The molecule has 0 unspecified atom stereocenters. The predicted octanol–water partition coefficient (Wildman–Crippen LogP) is 4.80. The summed E-state index contributed by atoms with van der Waals surface area (Å²) in [5, 5.41) is 0. The van der Waals surface area contributed by atoms with E-state index in [1.807, 2.05) is 52.0 Å². The molecule has 1 rings (SSSR count). The van der Waals surface area contributed by atoms with Crippen LogP contribution in [0, 0.1) is 12.8 Å². The van der Waals surface area contributed by atoms with Crippen LogP contribution in [-0.4, -0.2) is 5.78 Å². The fourth-order valence-electron chi connectivity index (χ4n) is 1.17. The first kappa shape index (κ1) is 20.1. The summed E-state index contributed by atoms with van der Waals surface area (Å²) in [7, 11) is 0. The van der Waals surface area contributed by atoms with E-state index in [2.05, 4.69) is 13.8 Å². The normalized spacial score (nSPS) is 10.3. The van der Waals surface area contributed by atoms with E-state index in [0.29, 0.717) is 5.92 Å². The molecule has 0 saturated carbocycles. The van der Waals surface area contributed by atoms with Crippen molar-refractivity contribution in [3.63, 3.8) is 0 Å². The number of benzene rings is 1. The van der Waals surface area contributed by atoms with Gasteiger partial charge in [0.2, 0.25) is 0 Å². The number of aryl methyl sites for hydroxylation is 1. The summed E-state index contributed by atoms with van der Waals surface area (Å²) < 4.78 is 0. The van der Waals surface area contributed by atoms with E-state index in [4.69, 9.17) is 0 Å². The fourth-order valence-corrected chi connectivity index (χ4v) is 1.17. The molecule has 0 aliphatic heterocycles. The molecule has 0 amide bonds. The maximum absolute atomic E-state index is 11.8. The van der Waals surface area contributed by atoms with Crippen molar-refractivity contribution in [3.8, 4) is 0 Å². The van der Waals surface area contributed by atoms with Gasteiger partial charge in [-0.05, 0) is 25.8 Å². The first-order valence-corrected chi connectivity index (χ1v) is 6.30. The van der Waals surface area contributed by atoms with Crippen LogP contribution in [0.25, 0.3) is 0 Å². The Balaban J connectivity index is 0. The van der Waals surface area contributed by atoms with Crippen LogP contribution in [-0.2, 0) is 32.7 Å². The van der Waals surface area contributed by atoms with Gasteiger partial charge in [0.05, 0.1) is 0 Å². The molecule has 18 heavy (non-hydrogen) atoms. The summed E-state index contributed by atoms with van der Waals surface area (Å²) in [5.41, 5.74) is 3.07. The van der Waals surface area contributed by atoms with Gasteiger partial charge < -0.3 is 0 Å². The molecule has 0 atom stereocenters. The Morgan fingerprint density at radius 1 is 1.11 bits per heavy atom. The van der Waals surface area contributed by atoms with Crippen LogP contribution in [0.3, 0.4) is 0 Å². The number of hydrogen-bond donors (Lipinski definition) is 0. The van der Waals surface area contributed by atoms with Crippen molar-refractivity contribution in [2.45, 2.75) is 41.5 Å². The molecule has 0 aromatic heterocycles. The van der Waals surface area contributed by atoms with Crippen LogP contribution in [0.5, 0.6) is 0 Å². The summed E-state index contributed by atoms with van der Waals surface area (Å²) in [4.78, 5) is 11.8. The van der Waals surface area contributed by atoms with Crippen molar-refractivity contribution >= 4 is 5.78 Å². The summed E-state index contributed by atoms with van der Waals surface area (Å²) in [6, 6.07) is 7.68. The van der Waals surface area contributed by atoms with Gasteiger partial charge in [0.1, 0.15) is 0 Å². The number of rotatable bonds is 3. The average Bonchev–Trinajstić information content (AvgIpc) is 2.32. The zero-order valence-electron chi connectivity index (χ0n) is 12.4. The Kier molecular flexibility index (Phi) is 11.9. The monoisotopic (exact) mass is 321 g/mol. The van der Waals surface area contributed by atoms with Gasteiger partial charge in [0.25, 0.3) is 0 Å². The molecule has 0 heterocycles. The minimum Gasteiger partial charge on any atom is -0.289 e. The van der Waals surface area contributed by atoms with Crippen molar-refractivity contribution in [3.05, 3.63) is 47.0 Å². The second-order valence-electron chi connectivity index (χ2n) is 4.27. The molecule has 0 fully saturated rings. The molecular formula is C16H24OY. The number of allylic oxidation sites excluding steroid dienone is 2. The second kappa shape index (κ2) is 10.6. The van der Waals surface area contributed by atoms with Gasteiger partial charge in [-0.1, -0.05) is 63.1 Å². The Morgan fingerprint density at radius 2 is 1.56 bits per heavy atom. The summed E-state index contributed by atoms with van der Waals surface area (Å²) in [6.45, 7) is 12.2. The third kappa shape index (κ3) is 7.23. The zero-order chi connectivity index (χ0) is 13.4. The van der Waals surface area contributed by atoms with Crippen LogP contribution < -0.4 is 0 Å². The third-order valence-electron chi connectivity index (χ3n) is 2.61. The van der Waals surface area contributed by atoms with Gasteiger partial charge >= 0.3 is 0 Å². The number of ketones is 1. The number of carbonyl (C=O) groups excluding carboxylic acids is 1. The van der Waals surface area contributed by atoms with Gasteiger partial charge in [-0.15, -0.1) is 0 Å². The smallest absolute Gasteiger partial charge is 0.185 e. The first-order chi connectivity index (χ1) is 8.00. The average molecular weight is 321 g/mol. The van der Waals surface area contributed by atoms with E-state index in [-0.39, 0.29) is 38.5 Å². The molecule has 0 aliphatic rings.